The zero-order valence-corrected chi connectivity index (χ0v) is 15.1. The maximum Gasteiger partial charge on any atom is 0.325 e. The van der Waals surface area contributed by atoms with E-state index >= 15 is 0 Å². The van der Waals surface area contributed by atoms with Crippen molar-refractivity contribution < 1.29 is 23.9 Å². The van der Waals surface area contributed by atoms with E-state index in [2.05, 4.69) is 16.2 Å². The van der Waals surface area contributed by atoms with Gasteiger partial charge in [0, 0.05) is 13.0 Å². The van der Waals surface area contributed by atoms with E-state index in [1.165, 1.54) is 7.11 Å². The molecular weight excluding hydrogens is 340 g/mol. The van der Waals surface area contributed by atoms with Crippen molar-refractivity contribution >= 4 is 23.8 Å². The topological polar surface area (TPSA) is 117 Å². The average Bonchev–Trinajstić information content (AvgIpc) is 2.78. The van der Waals surface area contributed by atoms with Gasteiger partial charge >= 0.3 is 6.03 Å². The van der Waals surface area contributed by atoms with Crippen molar-refractivity contribution in [3.05, 3.63) is 29.3 Å². The van der Waals surface area contributed by atoms with Crippen molar-refractivity contribution in [3.63, 3.8) is 0 Å². The van der Waals surface area contributed by atoms with Gasteiger partial charge in [-0.1, -0.05) is 11.6 Å². The van der Waals surface area contributed by atoms with Crippen molar-refractivity contribution in [2.24, 2.45) is 0 Å². The number of carbonyl (C=O) groups excluding carboxylic acids is 4. The number of hydrogen-bond acceptors (Lipinski definition) is 5. The van der Waals surface area contributed by atoms with Gasteiger partial charge in [0.15, 0.2) is 0 Å². The first-order valence-electron chi connectivity index (χ1n) is 8.03. The molecule has 3 N–H and O–H groups in total. The van der Waals surface area contributed by atoms with E-state index in [0.29, 0.717) is 5.75 Å². The molecule has 0 radical (unpaired) electrons. The maximum atomic E-state index is 12.2. The summed E-state index contributed by atoms with van der Waals surface area (Å²) >= 11 is 0. The molecule has 0 spiro atoms. The highest BCUT2D eigenvalue weighted by Crippen LogP contribution is 2.19. The molecule has 1 saturated heterocycles. The second kappa shape index (κ2) is 7.42. The van der Waals surface area contributed by atoms with Gasteiger partial charge in [0.2, 0.25) is 5.91 Å². The molecule has 0 aliphatic carbocycles. The van der Waals surface area contributed by atoms with Crippen LogP contribution in [0.5, 0.6) is 5.75 Å². The van der Waals surface area contributed by atoms with E-state index in [0.717, 1.165) is 10.5 Å². The summed E-state index contributed by atoms with van der Waals surface area (Å²) in [5.74, 6) is -1.09. The van der Waals surface area contributed by atoms with Crippen LogP contribution in [0.2, 0.25) is 0 Å². The predicted molar refractivity (Wildman–Crippen MR) is 92.3 cm³/mol. The van der Waals surface area contributed by atoms with Crippen LogP contribution in [0.1, 0.15) is 36.2 Å². The van der Waals surface area contributed by atoms with Crippen LogP contribution in [-0.4, -0.2) is 47.8 Å². The van der Waals surface area contributed by atoms with Gasteiger partial charge in [-0.15, -0.1) is 0 Å². The van der Waals surface area contributed by atoms with Crippen molar-refractivity contribution in [3.8, 4) is 5.75 Å². The fourth-order valence-corrected chi connectivity index (χ4v) is 2.49. The Morgan fingerprint density at radius 3 is 2.50 bits per heavy atom. The number of ether oxygens (including phenoxy) is 1. The summed E-state index contributed by atoms with van der Waals surface area (Å²) in [5.41, 5.74) is 4.72. The maximum absolute atomic E-state index is 12.2. The van der Waals surface area contributed by atoms with Gasteiger partial charge in [-0.25, -0.2) is 4.79 Å². The van der Waals surface area contributed by atoms with Gasteiger partial charge in [0.05, 0.1) is 12.7 Å². The number of carbonyl (C=O) groups is 4. The van der Waals surface area contributed by atoms with Crippen LogP contribution < -0.4 is 20.9 Å². The smallest absolute Gasteiger partial charge is 0.325 e. The molecule has 0 bridgehead atoms. The van der Waals surface area contributed by atoms with Crippen LogP contribution in [0.3, 0.4) is 0 Å². The van der Waals surface area contributed by atoms with Crippen molar-refractivity contribution in [1.29, 1.82) is 0 Å². The molecule has 26 heavy (non-hydrogen) atoms. The Hall–Kier alpha value is -3.10. The van der Waals surface area contributed by atoms with Gasteiger partial charge in [0.25, 0.3) is 11.8 Å². The van der Waals surface area contributed by atoms with E-state index in [4.69, 9.17) is 4.74 Å². The third-order valence-corrected chi connectivity index (χ3v) is 3.92. The van der Waals surface area contributed by atoms with Crippen LogP contribution in [0.25, 0.3) is 0 Å². The summed E-state index contributed by atoms with van der Waals surface area (Å²) < 4.78 is 5.12. The van der Waals surface area contributed by atoms with Crippen molar-refractivity contribution in [2.45, 2.75) is 32.7 Å². The largest absolute Gasteiger partial charge is 0.496 e. The van der Waals surface area contributed by atoms with Crippen molar-refractivity contribution in [1.82, 2.24) is 21.1 Å². The average molecular weight is 362 g/mol. The number of methoxy groups -OCH3 is 1. The highest BCUT2D eigenvalue weighted by molar-refractivity contribution is 6.06. The number of hydrazine groups is 1. The van der Waals surface area contributed by atoms with E-state index in [9.17, 15) is 19.2 Å². The number of aryl methyl sites for hydroxylation is 1. The summed E-state index contributed by atoms with van der Waals surface area (Å²) in [4.78, 5) is 48.9. The Kier molecular flexibility index (Phi) is 5.49. The predicted octanol–water partition coefficient (Wildman–Crippen LogP) is 0.485. The number of rotatable bonds is 5. The first kappa shape index (κ1) is 19.2. The van der Waals surface area contributed by atoms with Crippen LogP contribution >= 0.6 is 0 Å². The first-order chi connectivity index (χ1) is 12.2. The number of nitrogens with one attached hydrogen (secondary N) is 3. The molecule has 1 aliphatic rings. The highest BCUT2D eigenvalue weighted by atomic mass is 16.5. The van der Waals surface area contributed by atoms with Crippen LogP contribution in [0.15, 0.2) is 18.2 Å². The Morgan fingerprint density at radius 2 is 1.92 bits per heavy atom. The van der Waals surface area contributed by atoms with Crippen LogP contribution in [-0.2, 0) is 9.59 Å². The second-order valence-corrected chi connectivity index (χ2v) is 6.47. The molecule has 0 atom stereocenters. The second-order valence-electron chi connectivity index (χ2n) is 6.47. The zero-order valence-electron chi connectivity index (χ0n) is 15.1. The monoisotopic (exact) mass is 362 g/mol. The molecule has 1 aromatic carbocycles. The molecular formula is C17H22N4O5. The lowest BCUT2D eigenvalue weighted by molar-refractivity contribution is -0.130. The number of hydrogen-bond donors (Lipinski definition) is 3. The number of amides is 5. The van der Waals surface area contributed by atoms with E-state index in [-0.39, 0.29) is 18.5 Å². The van der Waals surface area contributed by atoms with Gasteiger partial charge in [-0.2, -0.15) is 0 Å². The summed E-state index contributed by atoms with van der Waals surface area (Å²) in [5, 5.41) is 2.53. The lowest BCUT2D eigenvalue weighted by Gasteiger charge is -2.16. The lowest BCUT2D eigenvalue weighted by Crippen LogP contribution is -2.44. The molecule has 9 heteroatoms. The Balaban J connectivity index is 1.88. The number of nitrogens with zero attached hydrogens (tertiary/aromatic N) is 1. The van der Waals surface area contributed by atoms with Gasteiger partial charge in [-0.3, -0.25) is 30.1 Å². The van der Waals surface area contributed by atoms with Gasteiger partial charge in [-0.05, 0) is 32.9 Å². The third kappa shape index (κ3) is 4.11. The number of benzene rings is 1. The Labute approximate surface area is 151 Å². The lowest BCUT2D eigenvalue weighted by atomic mass is 10.1. The standard InChI is InChI=1S/C17H22N4O5/c1-10-5-6-12(26-4)11(9-10)14(23)20-19-13(22)7-8-21-15(24)17(2,3)18-16(21)25/h5-6,9H,7-8H2,1-4H3,(H,18,25)(H,19,22)(H,20,23). The molecule has 2 rings (SSSR count). The fourth-order valence-electron chi connectivity index (χ4n) is 2.49. The zero-order chi connectivity index (χ0) is 19.5. The summed E-state index contributed by atoms with van der Waals surface area (Å²) in [6, 6.07) is 4.55. The molecule has 0 unspecified atom stereocenters. The van der Waals surface area contributed by atoms with Gasteiger partial charge in [0.1, 0.15) is 11.3 Å². The third-order valence-electron chi connectivity index (χ3n) is 3.92. The van der Waals surface area contributed by atoms with Crippen LogP contribution in [0.4, 0.5) is 4.79 Å². The summed E-state index contributed by atoms with van der Waals surface area (Å²) in [6.07, 6.45) is -0.138. The Bertz CT molecular complexity index is 760. The molecule has 5 amide bonds. The van der Waals surface area contributed by atoms with Gasteiger partial charge < -0.3 is 10.1 Å². The molecule has 0 saturated carbocycles. The number of imide groups is 1. The molecule has 0 aromatic heterocycles. The quantitative estimate of drug-likeness (QED) is 0.520. The van der Waals surface area contributed by atoms with Crippen molar-refractivity contribution in [2.75, 3.05) is 13.7 Å². The van der Waals surface area contributed by atoms with E-state index in [1.54, 1.807) is 32.0 Å². The molecule has 1 aromatic rings. The molecule has 1 fully saturated rings. The van der Waals surface area contributed by atoms with E-state index in [1.807, 2.05) is 6.92 Å². The van der Waals surface area contributed by atoms with Crippen LogP contribution in [0, 0.1) is 6.92 Å². The summed E-state index contributed by atoms with van der Waals surface area (Å²) in [7, 11) is 1.44. The molecule has 1 aliphatic heterocycles. The normalized spacial score (nSPS) is 15.5. The molecule has 9 nitrogen and oxygen atoms in total. The minimum atomic E-state index is -0.983. The minimum Gasteiger partial charge on any atom is -0.496 e. The fraction of sp³-hybridized carbons (Fsp3) is 0.412. The SMILES string of the molecule is COc1ccc(C)cc1C(=O)NNC(=O)CCN1C(=O)NC(C)(C)C1=O. The van der Waals surface area contributed by atoms with E-state index < -0.39 is 29.3 Å². The minimum absolute atomic E-state index is 0.0798. The first-order valence-corrected chi connectivity index (χ1v) is 8.03. The Morgan fingerprint density at radius 1 is 1.23 bits per heavy atom. The highest BCUT2D eigenvalue weighted by Gasteiger charge is 2.43. The summed E-state index contributed by atoms with van der Waals surface area (Å²) in [6.45, 7) is 4.92. The number of urea groups is 1. The molecule has 1 heterocycles. The molecule has 140 valence electrons.